The van der Waals surface area contributed by atoms with Crippen molar-refractivity contribution < 1.29 is 8.78 Å². The van der Waals surface area contributed by atoms with Crippen LogP contribution in [-0.2, 0) is 6.42 Å². The molecule has 3 N–H and O–H groups in total. The predicted molar refractivity (Wildman–Crippen MR) is 82.0 cm³/mol. The van der Waals surface area contributed by atoms with Crippen LogP contribution in [-0.4, -0.2) is 0 Å². The first-order valence-electron chi connectivity index (χ1n) is 5.86. The summed E-state index contributed by atoms with van der Waals surface area (Å²) in [7, 11) is 0. The summed E-state index contributed by atoms with van der Waals surface area (Å²) < 4.78 is 28.0. The Balaban J connectivity index is 2.31. The Morgan fingerprint density at radius 2 is 1.90 bits per heavy atom. The van der Waals surface area contributed by atoms with E-state index in [1.54, 1.807) is 18.2 Å². The normalized spacial score (nSPS) is 12.4. The van der Waals surface area contributed by atoms with Crippen LogP contribution in [0.5, 0.6) is 0 Å². The van der Waals surface area contributed by atoms with Gasteiger partial charge in [0.15, 0.2) is 0 Å². The average molecular weight is 406 g/mol. The number of hydrazine groups is 1. The van der Waals surface area contributed by atoms with Gasteiger partial charge in [-0.2, -0.15) is 0 Å². The molecule has 2 nitrogen and oxygen atoms in total. The second kappa shape index (κ2) is 6.76. The van der Waals surface area contributed by atoms with E-state index in [0.717, 1.165) is 5.56 Å². The van der Waals surface area contributed by atoms with E-state index in [-0.39, 0.29) is 17.7 Å². The lowest BCUT2D eigenvalue weighted by Crippen LogP contribution is -2.29. The predicted octanol–water partition coefficient (Wildman–Crippen LogP) is 4.24. The van der Waals surface area contributed by atoms with E-state index >= 15 is 0 Å². The lowest BCUT2D eigenvalue weighted by atomic mass is 9.99. The summed E-state index contributed by atoms with van der Waals surface area (Å²) in [5.41, 5.74) is 4.09. The van der Waals surface area contributed by atoms with Gasteiger partial charge in [-0.05, 0) is 57.7 Å². The monoisotopic (exact) mass is 404 g/mol. The van der Waals surface area contributed by atoms with E-state index in [1.807, 2.05) is 0 Å². The summed E-state index contributed by atoms with van der Waals surface area (Å²) >= 11 is 6.46. The van der Waals surface area contributed by atoms with Crippen LogP contribution < -0.4 is 11.3 Å². The highest BCUT2D eigenvalue weighted by atomic mass is 79.9. The van der Waals surface area contributed by atoms with Gasteiger partial charge in [0, 0.05) is 4.47 Å². The fourth-order valence-electron chi connectivity index (χ4n) is 1.98. The average Bonchev–Trinajstić information content (AvgIpc) is 2.39. The van der Waals surface area contributed by atoms with E-state index < -0.39 is 0 Å². The van der Waals surface area contributed by atoms with Gasteiger partial charge in [0.05, 0.1) is 10.5 Å². The first kappa shape index (κ1) is 15.6. The van der Waals surface area contributed by atoms with E-state index in [9.17, 15) is 8.78 Å². The topological polar surface area (TPSA) is 38.0 Å². The van der Waals surface area contributed by atoms with E-state index in [1.165, 1.54) is 18.2 Å². The van der Waals surface area contributed by atoms with Crippen molar-refractivity contribution in [3.8, 4) is 0 Å². The molecule has 0 saturated heterocycles. The van der Waals surface area contributed by atoms with Crippen LogP contribution in [0.1, 0.15) is 17.2 Å². The molecule has 1 atom stereocenters. The highest BCUT2D eigenvalue weighted by Crippen LogP contribution is 2.27. The molecule has 0 heterocycles. The fourth-order valence-corrected chi connectivity index (χ4v) is 2.88. The second-order valence-corrected chi connectivity index (χ2v) is 6.05. The number of hydrogen-bond donors (Lipinski definition) is 2. The first-order valence-corrected chi connectivity index (χ1v) is 7.45. The zero-order valence-corrected chi connectivity index (χ0v) is 13.5. The van der Waals surface area contributed by atoms with Gasteiger partial charge in [-0.15, -0.1) is 0 Å². The Kier molecular flexibility index (Phi) is 5.26. The van der Waals surface area contributed by atoms with Crippen LogP contribution in [0.15, 0.2) is 45.3 Å². The van der Waals surface area contributed by atoms with Crippen LogP contribution in [0, 0.1) is 11.6 Å². The third kappa shape index (κ3) is 3.63. The van der Waals surface area contributed by atoms with Crippen LogP contribution in [0.25, 0.3) is 0 Å². The molecule has 0 aliphatic rings. The van der Waals surface area contributed by atoms with E-state index in [0.29, 0.717) is 20.9 Å². The molecular weight excluding hydrogens is 394 g/mol. The molecule has 6 heteroatoms. The molecule has 20 heavy (non-hydrogen) atoms. The Morgan fingerprint density at radius 3 is 2.55 bits per heavy atom. The zero-order valence-electron chi connectivity index (χ0n) is 10.3. The second-order valence-electron chi connectivity index (χ2n) is 4.34. The van der Waals surface area contributed by atoms with Crippen molar-refractivity contribution in [1.82, 2.24) is 5.43 Å². The van der Waals surface area contributed by atoms with Gasteiger partial charge in [-0.1, -0.05) is 28.1 Å². The fraction of sp³-hybridized carbons (Fsp3) is 0.143. The Morgan fingerprint density at radius 1 is 1.15 bits per heavy atom. The maximum atomic E-state index is 13.5. The summed E-state index contributed by atoms with van der Waals surface area (Å²) in [5.74, 6) is 4.86. The summed E-state index contributed by atoms with van der Waals surface area (Å²) in [6, 6.07) is 9.03. The molecular formula is C14H12Br2F2N2. The number of nitrogens with two attached hydrogens (primary N) is 1. The number of hydrogen-bond acceptors (Lipinski definition) is 2. The summed E-state index contributed by atoms with van der Waals surface area (Å²) in [6.45, 7) is 0. The van der Waals surface area contributed by atoms with Gasteiger partial charge < -0.3 is 0 Å². The third-order valence-electron chi connectivity index (χ3n) is 2.94. The lowest BCUT2D eigenvalue weighted by molar-refractivity contribution is 0.539. The van der Waals surface area contributed by atoms with Crippen molar-refractivity contribution in [2.75, 3.05) is 0 Å². The highest BCUT2D eigenvalue weighted by molar-refractivity contribution is 9.10. The molecule has 0 aliphatic carbocycles. The Hall–Kier alpha value is -0.820. The third-order valence-corrected chi connectivity index (χ3v) is 4.29. The molecule has 0 radical (unpaired) electrons. The molecule has 0 fully saturated rings. The lowest BCUT2D eigenvalue weighted by Gasteiger charge is -2.18. The molecule has 106 valence electrons. The molecule has 2 aromatic rings. The summed E-state index contributed by atoms with van der Waals surface area (Å²) in [6.07, 6.45) is 0.435. The van der Waals surface area contributed by atoms with Crippen LogP contribution in [0.4, 0.5) is 8.78 Å². The maximum Gasteiger partial charge on any atom is 0.137 e. The summed E-state index contributed by atoms with van der Waals surface area (Å²) in [5, 5.41) is 0. The Labute approximate surface area is 132 Å². The zero-order chi connectivity index (χ0) is 14.7. The van der Waals surface area contributed by atoms with E-state index in [2.05, 4.69) is 37.3 Å². The van der Waals surface area contributed by atoms with Crippen molar-refractivity contribution >= 4 is 31.9 Å². The van der Waals surface area contributed by atoms with Crippen LogP contribution >= 0.6 is 31.9 Å². The molecule has 0 spiro atoms. The van der Waals surface area contributed by atoms with Gasteiger partial charge in [0.2, 0.25) is 0 Å². The number of rotatable bonds is 4. The maximum absolute atomic E-state index is 13.5. The Bertz CT molecular complexity index is 600. The van der Waals surface area contributed by atoms with E-state index in [4.69, 9.17) is 5.84 Å². The number of nitrogens with one attached hydrogen (secondary N) is 1. The minimum absolute atomic E-state index is 0.319. The molecule has 0 amide bonds. The SMILES string of the molecule is NNC(Cc1cccc(F)c1Br)c1cc(F)cc(Br)c1. The minimum atomic E-state index is -0.354. The highest BCUT2D eigenvalue weighted by Gasteiger charge is 2.15. The molecule has 0 aliphatic heterocycles. The van der Waals surface area contributed by atoms with Crippen molar-refractivity contribution in [3.63, 3.8) is 0 Å². The molecule has 0 saturated carbocycles. The van der Waals surface area contributed by atoms with Crippen LogP contribution in [0.2, 0.25) is 0 Å². The van der Waals surface area contributed by atoms with Gasteiger partial charge in [-0.25, -0.2) is 8.78 Å². The standard InChI is InChI=1S/C14H12Br2F2N2/c15-10-4-9(5-11(17)7-10)13(20-19)6-8-2-1-3-12(18)14(8)16/h1-5,7,13,20H,6,19H2. The van der Waals surface area contributed by atoms with Crippen molar-refractivity contribution in [2.45, 2.75) is 12.5 Å². The van der Waals surface area contributed by atoms with Gasteiger partial charge >= 0.3 is 0 Å². The first-order chi connectivity index (χ1) is 9.51. The van der Waals surface area contributed by atoms with Crippen molar-refractivity contribution in [2.24, 2.45) is 5.84 Å². The van der Waals surface area contributed by atoms with Crippen LogP contribution in [0.3, 0.4) is 0 Å². The molecule has 2 rings (SSSR count). The van der Waals surface area contributed by atoms with Gasteiger partial charge in [-0.3, -0.25) is 11.3 Å². The number of benzene rings is 2. The quantitative estimate of drug-likeness (QED) is 0.589. The van der Waals surface area contributed by atoms with Crippen molar-refractivity contribution in [3.05, 3.63) is 68.1 Å². The van der Waals surface area contributed by atoms with Crippen molar-refractivity contribution in [1.29, 1.82) is 0 Å². The van der Waals surface area contributed by atoms with Gasteiger partial charge in [0.1, 0.15) is 11.6 Å². The minimum Gasteiger partial charge on any atom is -0.271 e. The largest absolute Gasteiger partial charge is 0.271 e. The molecule has 0 aromatic heterocycles. The molecule has 1 unspecified atom stereocenters. The molecule has 2 aromatic carbocycles. The van der Waals surface area contributed by atoms with Gasteiger partial charge in [0.25, 0.3) is 0 Å². The smallest absolute Gasteiger partial charge is 0.137 e. The molecule has 0 bridgehead atoms. The number of halogens is 4. The summed E-state index contributed by atoms with van der Waals surface area (Å²) in [4.78, 5) is 0.